The van der Waals surface area contributed by atoms with Crippen molar-refractivity contribution in [3.8, 4) is 0 Å². The molecule has 3 unspecified atom stereocenters. The Morgan fingerprint density at radius 1 is 1.38 bits per heavy atom. The average Bonchev–Trinajstić information content (AvgIpc) is 2.47. The number of morpholine rings is 1. The number of nitrogens with two attached hydrogens (primary N) is 1. The summed E-state index contributed by atoms with van der Waals surface area (Å²) in [6.07, 6.45) is 6.18. The maximum absolute atomic E-state index is 6.55. The number of ether oxygens (including phenoxy) is 1. The van der Waals surface area contributed by atoms with E-state index in [-0.39, 0.29) is 6.04 Å². The van der Waals surface area contributed by atoms with E-state index >= 15 is 0 Å². The summed E-state index contributed by atoms with van der Waals surface area (Å²) in [6.45, 7) is 3.77. The second-order valence-corrected chi connectivity index (χ2v) is 6.79. The summed E-state index contributed by atoms with van der Waals surface area (Å²) in [5, 5.41) is 0.847. The van der Waals surface area contributed by atoms with Gasteiger partial charge in [0.1, 0.15) is 0 Å². The van der Waals surface area contributed by atoms with Gasteiger partial charge in [-0.3, -0.25) is 0 Å². The van der Waals surface area contributed by atoms with E-state index in [9.17, 15) is 0 Å². The van der Waals surface area contributed by atoms with Crippen LogP contribution in [-0.4, -0.2) is 31.3 Å². The lowest BCUT2D eigenvalue weighted by molar-refractivity contribution is -0.00872. The minimum Gasteiger partial charge on any atom is -0.374 e. The first kappa shape index (κ1) is 15.1. The zero-order valence-corrected chi connectivity index (χ0v) is 13.5. The molecule has 3 rings (SSSR count). The summed E-state index contributed by atoms with van der Waals surface area (Å²) in [4.78, 5) is 2.49. The minimum absolute atomic E-state index is 0.144. The second-order valence-electron chi connectivity index (χ2n) is 6.38. The Morgan fingerprint density at radius 3 is 3.00 bits per heavy atom. The summed E-state index contributed by atoms with van der Waals surface area (Å²) < 4.78 is 5.98. The van der Waals surface area contributed by atoms with Gasteiger partial charge in [0.15, 0.2) is 0 Å². The van der Waals surface area contributed by atoms with Crippen LogP contribution >= 0.6 is 11.6 Å². The molecule has 2 aliphatic rings. The number of para-hydroxylation sites is 1. The van der Waals surface area contributed by atoms with Crippen LogP contribution in [0, 0.1) is 0 Å². The van der Waals surface area contributed by atoms with E-state index in [1.807, 2.05) is 19.1 Å². The van der Waals surface area contributed by atoms with Crippen LogP contribution in [0.3, 0.4) is 0 Å². The number of halogens is 1. The molecule has 1 heterocycles. The van der Waals surface area contributed by atoms with Crippen LogP contribution in [0.4, 0.5) is 5.69 Å². The van der Waals surface area contributed by atoms with Gasteiger partial charge in [0.2, 0.25) is 0 Å². The molecule has 1 aromatic rings. The molecule has 0 spiro atoms. The van der Waals surface area contributed by atoms with Crippen LogP contribution in [0.25, 0.3) is 0 Å². The van der Waals surface area contributed by atoms with Crippen molar-refractivity contribution in [3.63, 3.8) is 0 Å². The third kappa shape index (κ3) is 3.20. The monoisotopic (exact) mass is 308 g/mol. The molecule has 4 heteroatoms. The molecule has 1 aromatic carbocycles. The lowest BCUT2D eigenvalue weighted by Crippen LogP contribution is -2.53. The predicted molar refractivity (Wildman–Crippen MR) is 88.1 cm³/mol. The third-order valence-electron chi connectivity index (χ3n) is 4.63. The molecule has 0 bridgehead atoms. The summed E-state index contributed by atoms with van der Waals surface area (Å²) in [5.41, 5.74) is 8.48. The molecule has 2 fully saturated rings. The lowest BCUT2D eigenvalue weighted by Gasteiger charge is -2.46. The smallest absolute Gasteiger partial charge is 0.0779 e. The second kappa shape index (κ2) is 6.55. The lowest BCUT2D eigenvalue weighted by atomic mass is 9.89. The van der Waals surface area contributed by atoms with Gasteiger partial charge in [0, 0.05) is 12.6 Å². The standard InChI is InChI=1S/C17H25ClN2O/c1-12(19)11-13-5-4-6-14(18)17(13)20-9-10-21-16-8-3-2-7-15(16)20/h4-6,12,15-16H,2-3,7-11,19H2,1H3. The quantitative estimate of drug-likeness (QED) is 0.930. The van der Waals surface area contributed by atoms with Crippen molar-refractivity contribution in [2.24, 2.45) is 5.73 Å². The zero-order chi connectivity index (χ0) is 14.8. The number of fused-ring (bicyclic) bond motifs is 1. The van der Waals surface area contributed by atoms with Crippen molar-refractivity contribution in [2.75, 3.05) is 18.1 Å². The third-order valence-corrected chi connectivity index (χ3v) is 4.94. The maximum Gasteiger partial charge on any atom is 0.0779 e. The molecule has 1 saturated carbocycles. The zero-order valence-electron chi connectivity index (χ0n) is 12.7. The van der Waals surface area contributed by atoms with Crippen LogP contribution < -0.4 is 10.6 Å². The molecular formula is C17H25ClN2O. The fourth-order valence-electron chi connectivity index (χ4n) is 3.77. The van der Waals surface area contributed by atoms with Crippen molar-refractivity contribution in [3.05, 3.63) is 28.8 Å². The average molecular weight is 309 g/mol. The first-order valence-electron chi connectivity index (χ1n) is 8.08. The number of nitrogens with zero attached hydrogens (tertiary/aromatic N) is 1. The highest BCUT2D eigenvalue weighted by Gasteiger charge is 2.35. The Morgan fingerprint density at radius 2 is 2.19 bits per heavy atom. The Hall–Kier alpha value is -0.770. The first-order valence-corrected chi connectivity index (χ1v) is 8.46. The normalized spacial score (nSPS) is 27.3. The molecule has 1 aliphatic heterocycles. The first-order chi connectivity index (χ1) is 10.2. The fraction of sp³-hybridized carbons (Fsp3) is 0.647. The van der Waals surface area contributed by atoms with Gasteiger partial charge < -0.3 is 15.4 Å². The van der Waals surface area contributed by atoms with Crippen LogP contribution in [0.1, 0.15) is 38.2 Å². The molecule has 1 saturated heterocycles. The highest BCUT2D eigenvalue weighted by atomic mass is 35.5. The summed E-state index contributed by atoms with van der Waals surface area (Å²) in [5.74, 6) is 0. The predicted octanol–water partition coefficient (Wildman–Crippen LogP) is 3.38. The SMILES string of the molecule is CC(N)Cc1cccc(Cl)c1N1CCOC2CCCCC21. The number of anilines is 1. The van der Waals surface area contributed by atoms with Crippen molar-refractivity contribution in [1.82, 2.24) is 0 Å². The van der Waals surface area contributed by atoms with E-state index in [2.05, 4.69) is 11.0 Å². The maximum atomic E-state index is 6.55. The number of rotatable bonds is 3. The highest BCUT2D eigenvalue weighted by molar-refractivity contribution is 6.33. The van der Waals surface area contributed by atoms with Gasteiger partial charge in [-0.15, -0.1) is 0 Å². The van der Waals surface area contributed by atoms with Gasteiger partial charge in [-0.05, 0) is 37.8 Å². The molecule has 21 heavy (non-hydrogen) atoms. The van der Waals surface area contributed by atoms with Crippen LogP contribution in [0.15, 0.2) is 18.2 Å². The minimum atomic E-state index is 0.144. The van der Waals surface area contributed by atoms with E-state index in [1.165, 1.54) is 36.9 Å². The molecule has 116 valence electrons. The summed E-state index contributed by atoms with van der Waals surface area (Å²) in [7, 11) is 0. The van der Waals surface area contributed by atoms with Crippen molar-refractivity contribution in [2.45, 2.75) is 57.2 Å². The Kier molecular flexibility index (Phi) is 4.72. The van der Waals surface area contributed by atoms with Gasteiger partial charge in [-0.25, -0.2) is 0 Å². The number of hydrogen-bond donors (Lipinski definition) is 1. The highest BCUT2D eigenvalue weighted by Crippen LogP contribution is 2.37. The van der Waals surface area contributed by atoms with Gasteiger partial charge in [0.05, 0.1) is 29.5 Å². The van der Waals surface area contributed by atoms with Crippen molar-refractivity contribution in [1.29, 1.82) is 0 Å². The number of hydrogen-bond acceptors (Lipinski definition) is 3. The van der Waals surface area contributed by atoms with E-state index in [0.29, 0.717) is 12.1 Å². The molecule has 0 aromatic heterocycles. The van der Waals surface area contributed by atoms with Gasteiger partial charge in [-0.1, -0.05) is 36.6 Å². The Balaban J connectivity index is 1.94. The van der Waals surface area contributed by atoms with Gasteiger partial charge in [-0.2, -0.15) is 0 Å². The molecule has 3 atom stereocenters. The Bertz CT molecular complexity index is 490. The summed E-state index contributed by atoms with van der Waals surface area (Å²) in [6, 6.07) is 6.80. The molecule has 1 aliphatic carbocycles. The molecule has 0 amide bonds. The van der Waals surface area contributed by atoms with Gasteiger partial charge >= 0.3 is 0 Å². The van der Waals surface area contributed by atoms with E-state index in [0.717, 1.165) is 24.6 Å². The van der Waals surface area contributed by atoms with Gasteiger partial charge in [0.25, 0.3) is 0 Å². The molecule has 0 radical (unpaired) electrons. The Labute approximate surface area is 132 Å². The fourth-order valence-corrected chi connectivity index (χ4v) is 4.07. The molecular weight excluding hydrogens is 284 g/mol. The van der Waals surface area contributed by atoms with Crippen molar-refractivity contribution >= 4 is 17.3 Å². The van der Waals surface area contributed by atoms with Crippen LogP contribution in [-0.2, 0) is 11.2 Å². The largest absolute Gasteiger partial charge is 0.374 e. The molecule has 2 N–H and O–H groups in total. The van der Waals surface area contributed by atoms with Crippen LogP contribution in [0.5, 0.6) is 0 Å². The van der Waals surface area contributed by atoms with E-state index in [1.54, 1.807) is 0 Å². The topological polar surface area (TPSA) is 38.5 Å². The van der Waals surface area contributed by atoms with E-state index in [4.69, 9.17) is 22.1 Å². The summed E-state index contributed by atoms with van der Waals surface area (Å²) >= 11 is 6.55. The van der Waals surface area contributed by atoms with Crippen LogP contribution in [0.2, 0.25) is 5.02 Å². The molecule has 3 nitrogen and oxygen atoms in total. The van der Waals surface area contributed by atoms with E-state index < -0.39 is 0 Å². The van der Waals surface area contributed by atoms with Crippen molar-refractivity contribution < 1.29 is 4.74 Å². The number of benzene rings is 1.